The molecule has 4 saturated carbocycles. The Morgan fingerprint density at radius 2 is 1.75 bits per heavy atom. The average molecular weight is 291 g/mol. The molecule has 1 aromatic carbocycles. The summed E-state index contributed by atoms with van der Waals surface area (Å²) in [6.07, 6.45) is 7.70. The van der Waals surface area contributed by atoms with Crippen LogP contribution < -0.4 is 0 Å². The van der Waals surface area contributed by atoms with E-state index in [2.05, 4.69) is 30.3 Å². The lowest BCUT2D eigenvalue weighted by Crippen LogP contribution is -2.57. The number of ether oxygens (including phenoxy) is 1. The van der Waals surface area contributed by atoms with Gasteiger partial charge in [0.05, 0.1) is 11.0 Å². The Kier molecular flexibility index (Phi) is 2.95. The molecular formula is C18H23ClO. The van der Waals surface area contributed by atoms with E-state index in [1.165, 1.54) is 37.7 Å². The van der Waals surface area contributed by atoms with E-state index in [1.807, 2.05) is 7.11 Å². The predicted molar refractivity (Wildman–Crippen MR) is 81.9 cm³/mol. The van der Waals surface area contributed by atoms with Crippen molar-refractivity contribution >= 4 is 11.6 Å². The summed E-state index contributed by atoms with van der Waals surface area (Å²) < 4.78 is 6.00. The monoisotopic (exact) mass is 290 g/mol. The van der Waals surface area contributed by atoms with Crippen LogP contribution in [0.2, 0.25) is 0 Å². The van der Waals surface area contributed by atoms with Gasteiger partial charge in [0.15, 0.2) is 0 Å². The summed E-state index contributed by atoms with van der Waals surface area (Å²) in [4.78, 5) is 0. The third-order valence-electron chi connectivity index (χ3n) is 6.12. The standard InChI is InChI=1S/C18H23ClO/c1-20-18-10-13-7-14(11-18)9-17(8-13,12-18)16(19)15-5-3-2-4-6-15/h2-6,13-14,16H,7-12H2,1H3/t13-,14+,16?,17?,18?. The van der Waals surface area contributed by atoms with Crippen LogP contribution in [0.3, 0.4) is 0 Å². The molecule has 108 valence electrons. The summed E-state index contributed by atoms with van der Waals surface area (Å²) >= 11 is 6.99. The van der Waals surface area contributed by atoms with E-state index >= 15 is 0 Å². The van der Waals surface area contributed by atoms with Crippen LogP contribution >= 0.6 is 11.6 Å². The van der Waals surface area contributed by atoms with Crippen LogP contribution in [-0.4, -0.2) is 12.7 Å². The van der Waals surface area contributed by atoms with E-state index in [0.717, 1.165) is 18.3 Å². The van der Waals surface area contributed by atoms with E-state index in [9.17, 15) is 0 Å². The third kappa shape index (κ3) is 1.86. The number of halogens is 1. The fourth-order valence-electron chi connectivity index (χ4n) is 5.76. The second-order valence-corrected chi connectivity index (χ2v) is 7.92. The van der Waals surface area contributed by atoms with Crippen molar-refractivity contribution < 1.29 is 4.74 Å². The fourth-order valence-corrected chi connectivity index (χ4v) is 6.16. The van der Waals surface area contributed by atoms with E-state index in [4.69, 9.17) is 16.3 Å². The van der Waals surface area contributed by atoms with Gasteiger partial charge in [0.2, 0.25) is 0 Å². The van der Waals surface area contributed by atoms with Gasteiger partial charge in [0.1, 0.15) is 0 Å². The van der Waals surface area contributed by atoms with Crippen LogP contribution in [-0.2, 0) is 4.74 Å². The van der Waals surface area contributed by atoms with Crippen molar-refractivity contribution in [3.63, 3.8) is 0 Å². The van der Waals surface area contributed by atoms with Crippen LogP contribution in [0.25, 0.3) is 0 Å². The summed E-state index contributed by atoms with van der Waals surface area (Å²) in [5.74, 6) is 1.67. The molecule has 0 aliphatic heterocycles. The van der Waals surface area contributed by atoms with Gasteiger partial charge in [-0.25, -0.2) is 0 Å². The molecule has 3 unspecified atom stereocenters. The Hall–Kier alpha value is -0.530. The summed E-state index contributed by atoms with van der Waals surface area (Å²) in [7, 11) is 1.91. The molecule has 0 heterocycles. The van der Waals surface area contributed by atoms with Gasteiger partial charge in [0, 0.05) is 7.11 Å². The molecular weight excluding hydrogens is 268 g/mol. The third-order valence-corrected chi connectivity index (χ3v) is 6.83. The van der Waals surface area contributed by atoms with Gasteiger partial charge in [-0.3, -0.25) is 0 Å². The quantitative estimate of drug-likeness (QED) is 0.716. The van der Waals surface area contributed by atoms with E-state index in [1.54, 1.807) is 0 Å². The highest BCUT2D eigenvalue weighted by Gasteiger charge is 2.60. The van der Waals surface area contributed by atoms with E-state index in [0.29, 0.717) is 0 Å². The highest BCUT2D eigenvalue weighted by Crippen LogP contribution is 2.67. The zero-order valence-corrected chi connectivity index (χ0v) is 12.9. The van der Waals surface area contributed by atoms with Crippen molar-refractivity contribution in [1.82, 2.24) is 0 Å². The minimum Gasteiger partial charge on any atom is -0.378 e. The van der Waals surface area contributed by atoms with Gasteiger partial charge in [-0.05, 0) is 61.3 Å². The lowest BCUT2D eigenvalue weighted by molar-refractivity contribution is -0.180. The lowest BCUT2D eigenvalue weighted by Gasteiger charge is -2.62. The van der Waals surface area contributed by atoms with Crippen molar-refractivity contribution in [2.24, 2.45) is 17.3 Å². The molecule has 0 radical (unpaired) electrons. The highest BCUT2D eigenvalue weighted by atomic mass is 35.5. The number of benzene rings is 1. The first-order valence-corrected chi connectivity index (χ1v) is 8.33. The Bertz CT molecular complexity index is 483. The zero-order chi connectivity index (χ0) is 13.8. The molecule has 0 amide bonds. The van der Waals surface area contributed by atoms with Crippen molar-refractivity contribution in [2.45, 2.75) is 49.5 Å². The van der Waals surface area contributed by atoms with Crippen LogP contribution in [0.4, 0.5) is 0 Å². The molecule has 4 aliphatic carbocycles. The fraction of sp³-hybridized carbons (Fsp3) is 0.667. The molecule has 0 aromatic heterocycles. The van der Waals surface area contributed by atoms with Crippen LogP contribution in [0.1, 0.15) is 49.5 Å². The number of alkyl halides is 1. The summed E-state index contributed by atoms with van der Waals surface area (Å²) in [6.45, 7) is 0. The Morgan fingerprint density at radius 3 is 2.35 bits per heavy atom. The van der Waals surface area contributed by atoms with Crippen LogP contribution in [0.5, 0.6) is 0 Å². The first-order valence-electron chi connectivity index (χ1n) is 7.89. The SMILES string of the molecule is COC12C[C@H]3C[C@@H](C1)CC(C(Cl)c1ccccc1)(C3)C2. The molecule has 1 aromatic rings. The molecule has 0 N–H and O–H groups in total. The zero-order valence-electron chi connectivity index (χ0n) is 12.1. The van der Waals surface area contributed by atoms with E-state index < -0.39 is 0 Å². The van der Waals surface area contributed by atoms with Gasteiger partial charge in [-0.15, -0.1) is 11.6 Å². The summed E-state index contributed by atoms with van der Waals surface area (Å²) in [6, 6.07) is 10.7. The summed E-state index contributed by atoms with van der Waals surface area (Å²) in [5.41, 5.74) is 1.69. The van der Waals surface area contributed by atoms with Gasteiger partial charge in [0.25, 0.3) is 0 Å². The van der Waals surface area contributed by atoms with Crippen LogP contribution in [0.15, 0.2) is 30.3 Å². The molecule has 20 heavy (non-hydrogen) atoms. The predicted octanol–water partition coefficient (Wildman–Crippen LogP) is 4.95. The Labute approximate surface area is 126 Å². The first-order chi connectivity index (χ1) is 9.65. The maximum absolute atomic E-state index is 6.99. The molecule has 4 bridgehead atoms. The van der Waals surface area contributed by atoms with Gasteiger partial charge in [-0.1, -0.05) is 30.3 Å². The molecule has 5 rings (SSSR count). The number of rotatable bonds is 3. The molecule has 0 saturated heterocycles. The maximum Gasteiger partial charge on any atom is 0.0690 e. The molecule has 4 aliphatic rings. The lowest BCUT2D eigenvalue weighted by atomic mass is 9.46. The Morgan fingerprint density at radius 1 is 1.10 bits per heavy atom. The average Bonchev–Trinajstić information content (AvgIpc) is 2.46. The van der Waals surface area contributed by atoms with E-state index in [-0.39, 0.29) is 16.4 Å². The summed E-state index contributed by atoms with van der Waals surface area (Å²) in [5, 5.41) is 0.143. The highest BCUT2D eigenvalue weighted by molar-refractivity contribution is 6.21. The second-order valence-electron chi connectivity index (χ2n) is 7.48. The van der Waals surface area contributed by atoms with Crippen molar-refractivity contribution in [3.05, 3.63) is 35.9 Å². The van der Waals surface area contributed by atoms with Gasteiger partial charge in [-0.2, -0.15) is 0 Å². The normalized spacial score (nSPS) is 43.7. The molecule has 5 atom stereocenters. The molecule has 4 fully saturated rings. The number of hydrogen-bond acceptors (Lipinski definition) is 1. The van der Waals surface area contributed by atoms with Gasteiger partial charge < -0.3 is 4.74 Å². The maximum atomic E-state index is 6.99. The largest absolute Gasteiger partial charge is 0.378 e. The molecule has 1 nitrogen and oxygen atoms in total. The van der Waals surface area contributed by atoms with Crippen molar-refractivity contribution in [1.29, 1.82) is 0 Å². The molecule has 2 heteroatoms. The first kappa shape index (κ1) is 13.2. The number of methoxy groups -OCH3 is 1. The van der Waals surface area contributed by atoms with Crippen molar-refractivity contribution in [3.8, 4) is 0 Å². The van der Waals surface area contributed by atoms with Gasteiger partial charge >= 0.3 is 0 Å². The Balaban J connectivity index is 1.70. The second kappa shape index (κ2) is 4.48. The smallest absolute Gasteiger partial charge is 0.0690 e. The van der Waals surface area contributed by atoms with Crippen molar-refractivity contribution in [2.75, 3.05) is 7.11 Å². The molecule has 0 spiro atoms. The minimum absolute atomic E-state index is 0.131. The topological polar surface area (TPSA) is 9.23 Å². The van der Waals surface area contributed by atoms with Crippen LogP contribution in [0, 0.1) is 17.3 Å². The number of hydrogen-bond donors (Lipinski definition) is 0. The minimum atomic E-state index is 0.131.